The molecule has 2 heterocycles. The van der Waals surface area contributed by atoms with Crippen molar-refractivity contribution in [1.82, 2.24) is 14.8 Å². The van der Waals surface area contributed by atoms with E-state index in [0.717, 1.165) is 30.3 Å². The molecule has 0 N–H and O–H groups in total. The Morgan fingerprint density at radius 1 is 1.17 bits per heavy atom. The molecule has 1 aliphatic heterocycles. The zero-order valence-corrected chi connectivity index (χ0v) is 18.4. The van der Waals surface area contributed by atoms with E-state index in [9.17, 15) is 9.59 Å². The third-order valence-electron chi connectivity index (χ3n) is 4.91. The molecule has 1 aromatic carbocycles. The lowest BCUT2D eigenvalue weighted by molar-refractivity contribution is -0.135. The predicted octanol–water partition coefficient (Wildman–Crippen LogP) is 3.37. The van der Waals surface area contributed by atoms with Crippen LogP contribution in [0.3, 0.4) is 0 Å². The lowest BCUT2D eigenvalue weighted by Gasteiger charge is -2.34. The minimum Gasteiger partial charge on any atom is -0.484 e. The first-order chi connectivity index (χ1) is 13.7. The number of aromatic nitrogens is 1. The van der Waals surface area contributed by atoms with Crippen LogP contribution >= 0.6 is 11.3 Å². The molecule has 156 valence electrons. The fraction of sp³-hybridized carbons (Fsp3) is 0.500. The Labute approximate surface area is 176 Å². The van der Waals surface area contributed by atoms with Gasteiger partial charge in [-0.1, -0.05) is 32.9 Å². The van der Waals surface area contributed by atoms with Gasteiger partial charge < -0.3 is 9.64 Å². The van der Waals surface area contributed by atoms with Gasteiger partial charge in [0, 0.05) is 49.1 Å². The Hall–Kier alpha value is -2.25. The molecule has 0 radical (unpaired) electrons. The van der Waals surface area contributed by atoms with Gasteiger partial charge in [0.15, 0.2) is 12.4 Å². The number of hydrogen-bond donors (Lipinski definition) is 0. The average molecular weight is 416 g/mol. The highest BCUT2D eigenvalue weighted by molar-refractivity contribution is 7.09. The summed E-state index contributed by atoms with van der Waals surface area (Å²) in [7, 11) is 0. The Morgan fingerprint density at radius 2 is 1.90 bits per heavy atom. The van der Waals surface area contributed by atoms with Crippen molar-refractivity contribution in [2.45, 2.75) is 39.7 Å². The van der Waals surface area contributed by atoms with Crippen LogP contribution in [0.4, 0.5) is 0 Å². The van der Waals surface area contributed by atoms with Gasteiger partial charge in [-0.15, -0.1) is 11.3 Å². The summed E-state index contributed by atoms with van der Waals surface area (Å²) in [6.45, 7) is 11.9. The van der Waals surface area contributed by atoms with Crippen LogP contribution in [0.25, 0.3) is 0 Å². The first kappa shape index (κ1) is 21.5. The van der Waals surface area contributed by atoms with Crippen LogP contribution in [0, 0.1) is 0 Å². The molecule has 0 bridgehead atoms. The van der Waals surface area contributed by atoms with E-state index in [1.165, 1.54) is 6.92 Å². The van der Waals surface area contributed by atoms with E-state index in [4.69, 9.17) is 9.72 Å². The monoisotopic (exact) mass is 415 g/mol. The summed E-state index contributed by atoms with van der Waals surface area (Å²) in [5, 5.41) is 3.30. The summed E-state index contributed by atoms with van der Waals surface area (Å²) in [6, 6.07) is 6.94. The fourth-order valence-electron chi connectivity index (χ4n) is 3.15. The normalized spacial score (nSPS) is 15.4. The maximum absolute atomic E-state index is 12.5. The largest absolute Gasteiger partial charge is 0.484 e. The van der Waals surface area contributed by atoms with Gasteiger partial charge in [0.2, 0.25) is 0 Å². The number of ether oxygens (including phenoxy) is 1. The lowest BCUT2D eigenvalue weighted by atomic mass is 9.98. The highest BCUT2D eigenvalue weighted by Gasteiger charge is 2.23. The third kappa shape index (κ3) is 5.87. The fourth-order valence-corrected chi connectivity index (χ4v) is 4.05. The van der Waals surface area contributed by atoms with E-state index in [1.54, 1.807) is 35.6 Å². The second-order valence-electron chi connectivity index (χ2n) is 8.42. The van der Waals surface area contributed by atoms with Crippen molar-refractivity contribution in [2.24, 2.45) is 0 Å². The second kappa shape index (κ2) is 9.05. The Balaban J connectivity index is 1.45. The SMILES string of the molecule is CC(=O)c1cccc(OCC(=O)N2CCN(Cc3csc(C(C)(C)C)n3)CC2)c1. The molecule has 3 rings (SSSR count). The molecule has 0 spiro atoms. The number of ketones is 1. The summed E-state index contributed by atoms with van der Waals surface area (Å²) in [5.41, 5.74) is 1.77. The van der Waals surface area contributed by atoms with Gasteiger partial charge in [0.1, 0.15) is 5.75 Å². The topological polar surface area (TPSA) is 62.7 Å². The standard InChI is InChI=1S/C22H29N3O3S/c1-16(26)17-6-5-7-19(12-17)28-14-20(27)25-10-8-24(9-11-25)13-18-15-29-21(23-18)22(2,3)4/h5-7,12,15H,8-11,13-14H2,1-4H3. The number of benzene rings is 1. The number of piperazine rings is 1. The van der Waals surface area contributed by atoms with Crippen LogP contribution in [0.15, 0.2) is 29.6 Å². The van der Waals surface area contributed by atoms with Crippen molar-refractivity contribution >= 4 is 23.0 Å². The molecule has 1 saturated heterocycles. The highest BCUT2D eigenvalue weighted by atomic mass is 32.1. The molecule has 1 amide bonds. The maximum atomic E-state index is 12.5. The number of hydrogen-bond acceptors (Lipinski definition) is 6. The summed E-state index contributed by atoms with van der Waals surface area (Å²) < 4.78 is 5.60. The highest BCUT2D eigenvalue weighted by Crippen LogP contribution is 2.26. The van der Waals surface area contributed by atoms with E-state index < -0.39 is 0 Å². The van der Waals surface area contributed by atoms with Crippen LogP contribution in [-0.2, 0) is 16.8 Å². The summed E-state index contributed by atoms with van der Waals surface area (Å²) >= 11 is 1.72. The van der Waals surface area contributed by atoms with Gasteiger partial charge in [0.05, 0.1) is 10.7 Å². The predicted molar refractivity (Wildman–Crippen MR) is 115 cm³/mol. The quantitative estimate of drug-likeness (QED) is 0.677. The Bertz CT molecular complexity index is 864. The molecular formula is C22H29N3O3S. The zero-order chi connectivity index (χ0) is 21.0. The van der Waals surface area contributed by atoms with Gasteiger partial charge in [-0.3, -0.25) is 14.5 Å². The van der Waals surface area contributed by atoms with E-state index >= 15 is 0 Å². The van der Waals surface area contributed by atoms with E-state index in [1.807, 2.05) is 4.90 Å². The molecule has 1 aromatic heterocycles. The third-order valence-corrected chi connectivity index (χ3v) is 6.22. The van der Waals surface area contributed by atoms with Gasteiger partial charge in [0.25, 0.3) is 5.91 Å². The van der Waals surface area contributed by atoms with Crippen molar-refractivity contribution in [3.05, 3.63) is 45.9 Å². The van der Waals surface area contributed by atoms with Crippen molar-refractivity contribution < 1.29 is 14.3 Å². The smallest absolute Gasteiger partial charge is 0.260 e. The molecule has 1 fully saturated rings. The van der Waals surface area contributed by atoms with E-state index in [0.29, 0.717) is 24.4 Å². The van der Waals surface area contributed by atoms with Crippen LogP contribution in [0.5, 0.6) is 5.75 Å². The van der Waals surface area contributed by atoms with Crippen molar-refractivity contribution in [3.8, 4) is 5.75 Å². The van der Waals surface area contributed by atoms with Crippen molar-refractivity contribution in [1.29, 1.82) is 0 Å². The van der Waals surface area contributed by atoms with Crippen LogP contribution < -0.4 is 4.74 Å². The maximum Gasteiger partial charge on any atom is 0.260 e. The van der Waals surface area contributed by atoms with Gasteiger partial charge in [-0.25, -0.2) is 4.98 Å². The molecule has 6 nitrogen and oxygen atoms in total. The number of Topliss-reactive ketones (excluding diaryl/α,β-unsaturated/α-hetero) is 1. The summed E-state index contributed by atoms with van der Waals surface area (Å²) in [4.78, 5) is 32.9. The van der Waals surface area contributed by atoms with E-state index in [-0.39, 0.29) is 23.7 Å². The molecule has 0 saturated carbocycles. The Kier molecular flexibility index (Phi) is 6.70. The number of amides is 1. The molecule has 1 aliphatic rings. The molecular weight excluding hydrogens is 386 g/mol. The minimum atomic E-state index is -0.0263. The molecule has 0 aliphatic carbocycles. The summed E-state index contributed by atoms with van der Waals surface area (Å²) in [6.07, 6.45) is 0. The number of rotatable bonds is 6. The molecule has 0 unspecified atom stereocenters. The van der Waals surface area contributed by atoms with Crippen molar-refractivity contribution in [3.63, 3.8) is 0 Å². The molecule has 0 atom stereocenters. The van der Waals surface area contributed by atoms with Crippen LogP contribution in [0.2, 0.25) is 0 Å². The van der Waals surface area contributed by atoms with Gasteiger partial charge in [-0.05, 0) is 19.1 Å². The molecule has 2 aromatic rings. The van der Waals surface area contributed by atoms with Gasteiger partial charge >= 0.3 is 0 Å². The van der Waals surface area contributed by atoms with E-state index in [2.05, 4.69) is 31.1 Å². The first-order valence-corrected chi connectivity index (χ1v) is 10.8. The molecule has 7 heteroatoms. The Morgan fingerprint density at radius 3 is 2.52 bits per heavy atom. The van der Waals surface area contributed by atoms with Crippen LogP contribution in [-0.4, -0.2) is 59.3 Å². The second-order valence-corrected chi connectivity index (χ2v) is 9.28. The van der Waals surface area contributed by atoms with Gasteiger partial charge in [-0.2, -0.15) is 0 Å². The lowest BCUT2D eigenvalue weighted by Crippen LogP contribution is -2.49. The minimum absolute atomic E-state index is 0.0115. The average Bonchev–Trinajstić information content (AvgIpc) is 3.16. The van der Waals surface area contributed by atoms with Crippen LogP contribution in [0.1, 0.15) is 48.8 Å². The number of carbonyl (C=O) groups excluding carboxylic acids is 2. The first-order valence-electron chi connectivity index (χ1n) is 9.91. The van der Waals surface area contributed by atoms with Crippen molar-refractivity contribution in [2.75, 3.05) is 32.8 Å². The number of thiazole rings is 1. The number of carbonyl (C=O) groups is 2. The number of nitrogens with zero attached hydrogens (tertiary/aromatic N) is 3. The zero-order valence-electron chi connectivity index (χ0n) is 17.6. The molecule has 29 heavy (non-hydrogen) atoms. The summed E-state index contributed by atoms with van der Waals surface area (Å²) in [5.74, 6) is 0.497.